The van der Waals surface area contributed by atoms with Gasteiger partial charge in [0.25, 0.3) is 6.43 Å². The van der Waals surface area contributed by atoms with Crippen LogP contribution in [0.1, 0.15) is 17.4 Å². The number of carbonyl (C=O) groups is 1. The Bertz CT molecular complexity index is 458. The molecule has 0 aliphatic carbocycles. The van der Waals surface area contributed by atoms with Gasteiger partial charge in [0.05, 0.1) is 6.61 Å². The molecule has 0 fully saturated rings. The maximum Gasteiger partial charge on any atom is 0.422 e. The van der Waals surface area contributed by atoms with E-state index in [-0.39, 0.29) is 6.61 Å². The summed E-state index contributed by atoms with van der Waals surface area (Å²) in [6, 6.07) is 0.826. The zero-order valence-corrected chi connectivity index (χ0v) is 10.3. The Kier molecular flexibility index (Phi) is 5.28. The van der Waals surface area contributed by atoms with E-state index in [0.29, 0.717) is 4.68 Å². The van der Waals surface area contributed by atoms with Crippen LogP contribution in [-0.2, 0) is 11.3 Å². The molecule has 20 heavy (non-hydrogen) atoms. The minimum absolute atomic E-state index is 0.0164. The second kappa shape index (κ2) is 6.53. The first kappa shape index (κ1) is 16.2. The highest BCUT2D eigenvalue weighted by atomic mass is 19.4. The monoisotopic (exact) mass is 302 g/mol. The van der Waals surface area contributed by atoms with Crippen LogP contribution in [-0.4, -0.2) is 41.6 Å². The van der Waals surface area contributed by atoms with Crippen molar-refractivity contribution in [3.8, 4) is 5.88 Å². The van der Waals surface area contributed by atoms with Crippen molar-refractivity contribution >= 4 is 5.97 Å². The highest BCUT2D eigenvalue weighted by Gasteiger charge is 2.29. The van der Waals surface area contributed by atoms with Crippen LogP contribution in [0.3, 0.4) is 0 Å². The number of alkyl halides is 5. The summed E-state index contributed by atoms with van der Waals surface area (Å²) in [5.74, 6) is -1.55. The van der Waals surface area contributed by atoms with Crippen LogP contribution in [0, 0.1) is 0 Å². The van der Waals surface area contributed by atoms with Gasteiger partial charge in [0.2, 0.25) is 5.88 Å². The molecule has 0 unspecified atom stereocenters. The molecule has 0 aliphatic rings. The second-order valence-electron chi connectivity index (χ2n) is 3.57. The van der Waals surface area contributed by atoms with Crippen LogP contribution in [0.25, 0.3) is 0 Å². The summed E-state index contributed by atoms with van der Waals surface area (Å²) in [5, 5.41) is 3.37. The predicted octanol–water partition coefficient (Wildman–Crippen LogP) is 2.27. The van der Waals surface area contributed by atoms with Crippen molar-refractivity contribution in [2.75, 3.05) is 13.2 Å². The van der Waals surface area contributed by atoms with Gasteiger partial charge in [-0.2, -0.15) is 13.2 Å². The summed E-state index contributed by atoms with van der Waals surface area (Å²) in [5.41, 5.74) is -0.399. The first-order chi connectivity index (χ1) is 9.23. The molecule has 114 valence electrons. The van der Waals surface area contributed by atoms with Gasteiger partial charge in [-0.25, -0.2) is 18.3 Å². The number of rotatable bonds is 6. The summed E-state index contributed by atoms with van der Waals surface area (Å²) < 4.78 is 69.9. The minimum atomic E-state index is -4.60. The van der Waals surface area contributed by atoms with E-state index in [0.717, 1.165) is 6.07 Å². The van der Waals surface area contributed by atoms with Crippen LogP contribution in [0.5, 0.6) is 5.88 Å². The van der Waals surface area contributed by atoms with Gasteiger partial charge < -0.3 is 9.47 Å². The quantitative estimate of drug-likeness (QED) is 0.597. The SMILES string of the molecule is CCOC(=O)c1cc(OCC(F)(F)F)nn1CC(F)F. The molecule has 1 rings (SSSR count). The molecule has 0 spiro atoms. The molecule has 0 aromatic carbocycles. The average Bonchev–Trinajstić information content (AvgIpc) is 2.68. The van der Waals surface area contributed by atoms with Gasteiger partial charge in [0.1, 0.15) is 6.54 Å². The fraction of sp³-hybridized carbons (Fsp3) is 0.600. The van der Waals surface area contributed by atoms with Crippen LogP contribution in [0.15, 0.2) is 6.07 Å². The van der Waals surface area contributed by atoms with Crippen LogP contribution < -0.4 is 4.74 Å². The van der Waals surface area contributed by atoms with Gasteiger partial charge in [-0.15, -0.1) is 5.10 Å². The van der Waals surface area contributed by atoms with Gasteiger partial charge in [-0.05, 0) is 6.92 Å². The number of ether oxygens (including phenoxy) is 2. The number of hydrogen-bond donors (Lipinski definition) is 0. The standard InChI is InChI=1S/C10H11F5N2O3/c1-2-19-9(18)6-3-8(20-5-10(13,14)15)16-17(6)4-7(11)12/h3,7H,2,4-5H2,1H3. The molecule has 0 aliphatic heterocycles. The Labute approximate surface area is 110 Å². The Balaban J connectivity index is 2.90. The molecular formula is C10H11F5N2O3. The fourth-order valence-corrected chi connectivity index (χ4v) is 1.26. The smallest absolute Gasteiger partial charge is 0.422 e. The summed E-state index contributed by atoms with van der Waals surface area (Å²) in [6.45, 7) is -1.12. The highest BCUT2D eigenvalue weighted by molar-refractivity contribution is 5.87. The Morgan fingerprint density at radius 3 is 2.60 bits per heavy atom. The third-order valence-electron chi connectivity index (χ3n) is 1.94. The van der Waals surface area contributed by atoms with Crippen LogP contribution in [0.4, 0.5) is 22.0 Å². The van der Waals surface area contributed by atoms with Gasteiger partial charge >= 0.3 is 12.1 Å². The van der Waals surface area contributed by atoms with Crippen molar-refractivity contribution < 1.29 is 36.2 Å². The van der Waals surface area contributed by atoms with E-state index in [1.54, 1.807) is 0 Å². The molecule has 0 amide bonds. The maximum atomic E-state index is 12.3. The van der Waals surface area contributed by atoms with Crippen LogP contribution in [0.2, 0.25) is 0 Å². The van der Waals surface area contributed by atoms with Crippen molar-refractivity contribution in [3.05, 3.63) is 11.8 Å². The molecule has 0 bridgehead atoms. The van der Waals surface area contributed by atoms with E-state index >= 15 is 0 Å². The lowest BCUT2D eigenvalue weighted by atomic mass is 10.4. The minimum Gasteiger partial charge on any atom is -0.467 e. The summed E-state index contributed by atoms with van der Waals surface area (Å²) >= 11 is 0. The Morgan fingerprint density at radius 2 is 2.10 bits per heavy atom. The lowest BCUT2D eigenvalue weighted by molar-refractivity contribution is -0.154. The average molecular weight is 302 g/mol. The van der Waals surface area contributed by atoms with E-state index in [2.05, 4.69) is 14.6 Å². The van der Waals surface area contributed by atoms with E-state index in [4.69, 9.17) is 0 Å². The third-order valence-corrected chi connectivity index (χ3v) is 1.94. The number of carbonyl (C=O) groups excluding carboxylic acids is 1. The van der Waals surface area contributed by atoms with Crippen LogP contribution >= 0.6 is 0 Å². The maximum absolute atomic E-state index is 12.3. The largest absolute Gasteiger partial charge is 0.467 e. The number of hydrogen-bond acceptors (Lipinski definition) is 4. The van der Waals surface area contributed by atoms with Gasteiger partial charge in [0.15, 0.2) is 12.3 Å². The Morgan fingerprint density at radius 1 is 1.45 bits per heavy atom. The van der Waals surface area contributed by atoms with Gasteiger partial charge in [0, 0.05) is 6.07 Å². The molecule has 0 saturated carbocycles. The van der Waals surface area contributed by atoms with E-state index in [1.807, 2.05) is 0 Å². The molecule has 1 aromatic rings. The van der Waals surface area contributed by atoms with E-state index in [9.17, 15) is 26.7 Å². The molecule has 0 radical (unpaired) electrons. The second-order valence-corrected chi connectivity index (χ2v) is 3.57. The highest BCUT2D eigenvalue weighted by Crippen LogP contribution is 2.19. The predicted molar refractivity (Wildman–Crippen MR) is 55.7 cm³/mol. The van der Waals surface area contributed by atoms with Crippen molar-refractivity contribution in [3.63, 3.8) is 0 Å². The van der Waals surface area contributed by atoms with Crippen molar-refractivity contribution in [1.29, 1.82) is 0 Å². The molecule has 1 heterocycles. The normalized spacial score (nSPS) is 11.8. The summed E-state index contributed by atoms with van der Waals surface area (Å²) in [4.78, 5) is 11.5. The molecule has 0 saturated heterocycles. The molecular weight excluding hydrogens is 291 g/mol. The fourth-order valence-electron chi connectivity index (χ4n) is 1.26. The number of aromatic nitrogens is 2. The molecule has 5 nitrogen and oxygen atoms in total. The molecule has 1 aromatic heterocycles. The number of esters is 1. The lowest BCUT2D eigenvalue weighted by Gasteiger charge is -2.06. The zero-order chi connectivity index (χ0) is 15.3. The Hall–Kier alpha value is -1.87. The molecule has 10 heteroatoms. The van der Waals surface area contributed by atoms with Gasteiger partial charge in [-0.3, -0.25) is 0 Å². The molecule has 0 atom stereocenters. The van der Waals surface area contributed by atoms with Crippen molar-refractivity contribution in [1.82, 2.24) is 9.78 Å². The molecule has 0 N–H and O–H groups in total. The topological polar surface area (TPSA) is 53.4 Å². The number of halogens is 5. The first-order valence-electron chi connectivity index (χ1n) is 5.45. The van der Waals surface area contributed by atoms with Crippen molar-refractivity contribution in [2.45, 2.75) is 26.1 Å². The van der Waals surface area contributed by atoms with E-state index in [1.165, 1.54) is 6.92 Å². The van der Waals surface area contributed by atoms with E-state index < -0.39 is 43.3 Å². The van der Waals surface area contributed by atoms with Crippen molar-refractivity contribution in [2.24, 2.45) is 0 Å². The first-order valence-corrected chi connectivity index (χ1v) is 5.45. The zero-order valence-electron chi connectivity index (χ0n) is 10.3. The summed E-state index contributed by atoms with van der Waals surface area (Å²) in [6.07, 6.45) is -7.44. The number of nitrogens with zero attached hydrogens (tertiary/aromatic N) is 2. The third kappa shape index (κ3) is 5.02. The van der Waals surface area contributed by atoms with Gasteiger partial charge in [-0.1, -0.05) is 0 Å². The summed E-state index contributed by atoms with van der Waals surface area (Å²) in [7, 11) is 0. The lowest BCUT2D eigenvalue weighted by Crippen LogP contribution is -2.19.